The van der Waals surface area contributed by atoms with Gasteiger partial charge in [0.15, 0.2) is 0 Å². The first-order chi connectivity index (χ1) is 8.37. The van der Waals surface area contributed by atoms with Crippen LogP contribution in [-0.4, -0.2) is 21.7 Å². The number of imide groups is 1. The minimum absolute atomic E-state index is 0.138. The van der Waals surface area contributed by atoms with Crippen LogP contribution in [0, 0.1) is 5.41 Å². The fourth-order valence-electron chi connectivity index (χ4n) is 2.14. The minimum Gasteiger partial charge on any atom is -0.384 e. The smallest absolute Gasteiger partial charge is 0.230 e. The molecule has 0 saturated carbocycles. The number of nitrogens with two attached hydrogens (primary N) is 1. The lowest BCUT2D eigenvalue weighted by Gasteiger charge is -2.34. The van der Waals surface area contributed by atoms with Gasteiger partial charge in [0.05, 0.1) is 12.2 Å². The van der Waals surface area contributed by atoms with Crippen LogP contribution >= 0.6 is 0 Å². The third kappa shape index (κ3) is 2.67. The van der Waals surface area contributed by atoms with E-state index in [0.29, 0.717) is 24.4 Å². The Hall–Kier alpha value is -1.91. The second kappa shape index (κ2) is 4.40. The fraction of sp³-hybridized carbons (Fsp3) is 0.462. The van der Waals surface area contributed by atoms with Gasteiger partial charge in [-0.3, -0.25) is 14.5 Å². The van der Waals surface area contributed by atoms with E-state index in [1.807, 2.05) is 13.8 Å². The molecule has 1 aromatic rings. The van der Waals surface area contributed by atoms with Crippen molar-refractivity contribution >= 4 is 17.6 Å². The SMILES string of the molecule is CC1(C)CC(=O)N(Cc2cccc(N)n2)C(=O)C1. The van der Waals surface area contributed by atoms with E-state index in [9.17, 15) is 9.59 Å². The van der Waals surface area contributed by atoms with Gasteiger partial charge >= 0.3 is 0 Å². The van der Waals surface area contributed by atoms with Gasteiger partial charge in [0, 0.05) is 12.8 Å². The Morgan fingerprint density at radius 1 is 1.28 bits per heavy atom. The molecular weight excluding hydrogens is 230 g/mol. The van der Waals surface area contributed by atoms with Crippen LogP contribution in [0.4, 0.5) is 5.82 Å². The maximum absolute atomic E-state index is 12.0. The largest absolute Gasteiger partial charge is 0.384 e. The lowest BCUT2D eigenvalue weighted by atomic mass is 9.82. The first kappa shape index (κ1) is 12.5. The number of rotatable bonds is 2. The van der Waals surface area contributed by atoms with E-state index in [2.05, 4.69) is 4.98 Å². The van der Waals surface area contributed by atoms with Crippen LogP contribution in [0.15, 0.2) is 18.2 Å². The molecule has 1 aromatic heterocycles. The number of nitrogens with zero attached hydrogens (tertiary/aromatic N) is 2. The molecule has 1 saturated heterocycles. The summed E-state index contributed by atoms with van der Waals surface area (Å²) in [6.45, 7) is 4.07. The maximum atomic E-state index is 12.0. The third-order valence-electron chi connectivity index (χ3n) is 3.01. The second-order valence-corrected chi connectivity index (χ2v) is 5.45. The highest BCUT2D eigenvalue weighted by molar-refractivity contribution is 5.98. The fourth-order valence-corrected chi connectivity index (χ4v) is 2.14. The highest BCUT2D eigenvalue weighted by Crippen LogP contribution is 2.31. The van der Waals surface area contributed by atoms with Crippen molar-refractivity contribution in [2.75, 3.05) is 5.73 Å². The molecule has 5 nitrogen and oxygen atoms in total. The molecular formula is C13H17N3O2. The summed E-state index contributed by atoms with van der Waals surface area (Å²) < 4.78 is 0. The Balaban J connectivity index is 2.15. The Morgan fingerprint density at radius 3 is 2.44 bits per heavy atom. The van der Waals surface area contributed by atoms with Crippen LogP contribution in [-0.2, 0) is 16.1 Å². The summed E-state index contributed by atoms with van der Waals surface area (Å²) in [5.74, 6) is 0.116. The Bertz CT molecular complexity index is 477. The van der Waals surface area contributed by atoms with E-state index in [1.54, 1.807) is 18.2 Å². The maximum Gasteiger partial charge on any atom is 0.230 e. The standard InChI is InChI=1S/C13H17N3O2/c1-13(2)6-11(17)16(12(18)7-13)8-9-4-3-5-10(14)15-9/h3-5H,6-8H2,1-2H3,(H2,14,15). The normalized spacial score (nSPS) is 19.1. The molecule has 1 aliphatic heterocycles. The van der Waals surface area contributed by atoms with Crippen molar-refractivity contribution in [1.29, 1.82) is 0 Å². The molecule has 2 heterocycles. The highest BCUT2D eigenvalue weighted by Gasteiger charge is 2.37. The van der Waals surface area contributed by atoms with Gasteiger partial charge in [0.1, 0.15) is 5.82 Å². The van der Waals surface area contributed by atoms with E-state index < -0.39 is 0 Å². The first-order valence-electron chi connectivity index (χ1n) is 5.92. The van der Waals surface area contributed by atoms with Gasteiger partial charge in [0.2, 0.25) is 11.8 Å². The van der Waals surface area contributed by atoms with Crippen molar-refractivity contribution in [3.63, 3.8) is 0 Å². The Kier molecular flexibility index (Phi) is 3.07. The summed E-state index contributed by atoms with van der Waals surface area (Å²) in [6.07, 6.45) is 0.780. The number of hydrogen-bond donors (Lipinski definition) is 1. The van der Waals surface area contributed by atoms with Crippen molar-refractivity contribution in [2.45, 2.75) is 33.2 Å². The van der Waals surface area contributed by atoms with Crippen LogP contribution in [0.25, 0.3) is 0 Å². The predicted octanol–water partition coefficient (Wildman–Crippen LogP) is 1.34. The monoisotopic (exact) mass is 247 g/mol. The van der Waals surface area contributed by atoms with Crippen molar-refractivity contribution in [3.8, 4) is 0 Å². The number of anilines is 1. The van der Waals surface area contributed by atoms with Crippen molar-refractivity contribution < 1.29 is 9.59 Å². The van der Waals surface area contributed by atoms with Crippen LogP contribution in [0.5, 0.6) is 0 Å². The van der Waals surface area contributed by atoms with E-state index in [0.717, 1.165) is 0 Å². The molecule has 0 bridgehead atoms. The van der Waals surface area contributed by atoms with Crippen molar-refractivity contribution in [1.82, 2.24) is 9.88 Å². The molecule has 5 heteroatoms. The molecule has 1 fully saturated rings. The number of hydrogen-bond acceptors (Lipinski definition) is 4. The number of aromatic nitrogens is 1. The van der Waals surface area contributed by atoms with Crippen LogP contribution in [0.3, 0.4) is 0 Å². The number of piperidine rings is 1. The average Bonchev–Trinajstić information content (AvgIpc) is 2.22. The predicted molar refractivity (Wildman–Crippen MR) is 67.2 cm³/mol. The van der Waals surface area contributed by atoms with Crippen molar-refractivity contribution in [2.24, 2.45) is 5.41 Å². The number of carbonyl (C=O) groups excluding carboxylic acids is 2. The van der Waals surface area contributed by atoms with Gasteiger partial charge in [-0.05, 0) is 17.5 Å². The second-order valence-electron chi connectivity index (χ2n) is 5.45. The van der Waals surface area contributed by atoms with E-state index in [1.165, 1.54) is 4.90 Å². The Labute approximate surface area is 106 Å². The first-order valence-corrected chi connectivity index (χ1v) is 5.92. The quantitative estimate of drug-likeness (QED) is 0.800. The summed E-state index contributed by atoms with van der Waals surface area (Å²) in [6, 6.07) is 5.20. The zero-order valence-electron chi connectivity index (χ0n) is 10.6. The van der Waals surface area contributed by atoms with Crippen LogP contribution in [0.2, 0.25) is 0 Å². The van der Waals surface area contributed by atoms with E-state index in [-0.39, 0.29) is 23.8 Å². The summed E-state index contributed by atoms with van der Waals surface area (Å²) in [4.78, 5) is 29.3. The molecule has 1 aliphatic rings. The molecule has 0 atom stereocenters. The van der Waals surface area contributed by atoms with Gasteiger partial charge in [-0.15, -0.1) is 0 Å². The molecule has 2 N–H and O–H groups in total. The average molecular weight is 247 g/mol. The zero-order chi connectivity index (χ0) is 13.3. The lowest BCUT2D eigenvalue weighted by Crippen LogP contribution is -2.45. The van der Waals surface area contributed by atoms with E-state index >= 15 is 0 Å². The number of likely N-dealkylation sites (tertiary alicyclic amines) is 1. The number of carbonyl (C=O) groups is 2. The summed E-state index contributed by atoms with van der Waals surface area (Å²) in [7, 11) is 0. The molecule has 2 rings (SSSR count). The molecule has 18 heavy (non-hydrogen) atoms. The van der Waals surface area contributed by atoms with Gasteiger partial charge in [-0.2, -0.15) is 0 Å². The molecule has 0 aromatic carbocycles. The highest BCUT2D eigenvalue weighted by atomic mass is 16.2. The topological polar surface area (TPSA) is 76.3 Å². The van der Waals surface area contributed by atoms with Crippen LogP contribution in [0.1, 0.15) is 32.4 Å². The molecule has 0 unspecified atom stereocenters. The van der Waals surface area contributed by atoms with Crippen LogP contribution < -0.4 is 5.73 Å². The molecule has 96 valence electrons. The summed E-state index contributed by atoms with van der Waals surface area (Å²) >= 11 is 0. The summed E-state index contributed by atoms with van der Waals surface area (Å²) in [5.41, 5.74) is 5.97. The lowest BCUT2D eigenvalue weighted by molar-refractivity contribution is -0.153. The van der Waals surface area contributed by atoms with Gasteiger partial charge in [0.25, 0.3) is 0 Å². The Morgan fingerprint density at radius 2 is 1.89 bits per heavy atom. The molecule has 0 spiro atoms. The molecule has 0 radical (unpaired) electrons. The third-order valence-corrected chi connectivity index (χ3v) is 3.01. The number of amides is 2. The zero-order valence-corrected chi connectivity index (χ0v) is 10.6. The molecule has 2 amide bonds. The number of nitrogen functional groups attached to an aromatic ring is 1. The van der Waals surface area contributed by atoms with Crippen molar-refractivity contribution in [3.05, 3.63) is 23.9 Å². The van der Waals surface area contributed by atoms with E-state index in [4.69, 9.17) is 5.73 Å². The molecule has 0 aliphatic carbocycles. The minimum atomic E-state index is -0.242. The number of pyridine rings is 1. The van der Waals surface area contributed by atoms with Gasteiger partial charge in [-0.1, -0.05) is 19.9 Å². The van der Waals surface area contributed by atoms with Gasteiger partial charge < -0.3 is 5.73 Å². The van der Waals surface area contributed by atoms with Gasteiger partial charge in [-0.25, -0.2) is 4.98 Å². The summed E-state index contributed by atoms with van der Waals surface area (Å²) in [5, 5.41) is 0.